The first-order valence-electron chi connectivity index (χ1n) is 9.67. The number of fused-ring (bicyclic) bond motifs is 1. The van der Waals surface area contributed by atoms with E-state index in [0.29, 0.717) is 37.7 Å². The Morgan fingerprint density at radius 2 is 1.90 bits per heavy atom. The number of carbonyl (C=O) groups is 1. The van der Waals surface area contributed by atoms with E-state index in [4.69, 9.17) is 21.1 Å². The second-order valence-corrected chi connectivity index (χ2v) is 8.53. The lowest BCUT2D eigenvalue weighted by Crippen LogP contribution is -2.11. The molecule has 2 aromatic carbocycles. The standard InChI is InChI=1S/C23H20ClN3O3S/c1-13(2)29-23(28)20-14(3)19-21(25-12-26-22(19)31-20)27-17-11-15(24)9-10-18(17)30-16-7-5-4-6-8-16/h4-13H,1-3H3,(H,25,26,27). The van der Waals surface area contributed by atoms with Crippen molar-refractivity contribution in [3.8, 4) is 11.5 Å². The number of esters is 1. The molecule has 0 saturated carbocycles. The molecule has 6 nitrogen and oxygen atoms in total. The summed E-state index contributed by atoms with van der Waals surface area (Å²) in [4.78, 5) is 22.4. The Morgan fingerprint density at radius 3 is 2.65 bits per heavy atom. The van der Waals surface area contributed by atoms with Crippen LogP contribution in [0, 0.1) is 6.92 Å². The van der Waals surface area contributed by atoms with Crippen LogP contribution in [0.5, 0.6) is 11.5 Å². The molecule has 0 atom stereocenters. The summed E-state index contributed by atoms with van der Waals surface area (Å²) in [5.41, 5.74) is 1.41. The van der Waals surface area contributed by atoms with Crippen LogP contribution in [0.25, 0.3) is 10.2 Å². The van der Waals surface area contributed by atoms with E-state index in [9.17, 15) is 4.79 Å². The van der Waals surface area contributed by atoms with Gasteiger partial charge in [0.1, 0.15) is 27.6 Å². The zero-order valence-electron chi connectivity index (χ0n) is 17.2. The van der Waals surface area contributed by atoms with Crippen LogP contribution >= 0.6 is 22.9 Å². The smallest absolute Gasteiger partial charge is 0.348 e. The summed E-state index contributed by atoms with van der Waals surface area (Å²) in [6.07, 6.45) is 1.26. The summed E-state index contributed by atoms with van der Waals surface area (Å²) in [6, 6.07) is 14.8. The van der Waals surface area contributed by atoms with Crippen LogP contribution in [-0.4, -0.2) is 22.0 Å². The molecule has 158 valence electrons. The van der Waals surface area contributed by atoms with Gasteiger partial charge >= 0.3 is 5.97 Å². The highest BCUT2D eigenvalue weighted by Gasteiger charge is 2.21. The van der Waals surface area contributed by atoms with Gasteiger partial charge in [-0.1, -0.05) is 29.8 Å². The fourth-order valence-corrected chi connectivity index (χ4v) is 4.26. The molecule has 4 rings (SSSR count). The number of nitrogens with one attached hydrogen (secondary N) is 1. The molecule has 0 amide bonds. The number of hydrogen-bond donors (Lipinski definition) is 1. The predicted octanol–water partition coefficient (Wildman–Crippen LogP) is 6.75. The summed E-state index contributed by atoms with van der Waals surface area (Å²) in [5.74, 6) is 1.49. The van der Waals surface area contributed by atoms with Gasteiger partial charge < -0.3 is 14.8 Å². The van der Waals surface area contributed by atoms with Crippen molar-refractivity contribution in [1.82, 2.24) is 9.97 Å². The number of ether oxygens (including phenoxy) is 2. The van der Waals surface area contributed by atoms with Crippen molar-refractivity contribution in [3.63, 3.8) is 0 Å². The van der Waals surface area contributed by atoms with Crippen LogP contribution in [0.1, 0.15) is 29.1 Å². The first kappa shape index (κ1) is 21.1. The third-order valence-electron chi connectivity index (χ3n) is 4.42. The van der Waals surface area contributed by atoms with Crippen LogP contribution in [0.15, 0.2) is 54.9 Å². The number of aromatic nitrogens is 2. The molecule has 0 radical (unpaired) electrons. The molecular formula is C23H20ClN3O3S. The minimum Gasteiger partial charge on any atom is -0.459 e. The largest absolute Gasteiger partial charge is 0.459 e. The Balaban J connectivity index is 1.73. The Kier molecular flexibility index (Phi) is 6.06. The lowest BCUT2D eigenvalue weighted by molar-refractivity contribution is 0.0383. The SMILES string of the molecule is Cc1c(C(=O)OC(C)C)sc2ncnc(Nc3cc(Cl)ccc3Oc3ccccc3)c12. The maximum atomic E-state index is 12.5. The number of hydrogen-bond acceptors (Lipinski definition) is 7. The monoisotopic (exact) mass is 453 g/mol. The molecule has 8 heteroatoms. The van der Waals surface area contributed by atoms with Crippen LogP contribution < -0.4 is 10.1 Å². The van der Waals surface area contributed by atoms with Gasteiger partial charge in [0, 0.05) is 5.02 Å². The number of para-hydroxylation sites is 1. The maximum absolute atomic E-state index is 12.5. The number of rotatable bonds is 6. The Labute approximate surface area is 188 Å². The van der Waals surface area contributed by atoms with E-state index < -0.39 is 0 Å². The van der Waals surface area contributed by atoms with Gasteiger partial charge in [0.2, 0.25) is 0 Å². The highest BCUT2D eigenvalue weighted by atomic mass is 35.5. The summed E-state index contributed by atoms with van der Waals surface area (Å²) >= 11 is 7.53. The summed E-state index contributed by atoms with van der Waals surface area (Å²) in [7, 11) is 0. The van der Waals surface area contributed by atoms with Crippen molar-refractivity contribution in [2.24, 2.45) is 0 Å². The lowest BCUT2D eigenvalue weighted by Gasteiger charge is -2.14. The van der Waals surface area contributed by atoms with E-state index in [-0.39, 0.29) is 12.1 Å². The van der Waals surface area contributed by atoms with Gasteiger partial charge in [-0.05, 0) is 56.7 Å². The average Bonchev–Trinajstić information content (AvgIpc) is 3.08. The van der Waals surface area contributed by atoms with Gasteiger partial charge in [-0.2, -0.15) is 0 Å². The fourth-order valence-electron chi connectivity index (χ4n) is 3.06. The zero-order chi connectivity index (χ0) is 22.0. The van der Waals surface area contributed by atoms with Crippen LogP contribution in [0.3, 0.4) is 0 Å². The van der Waals surface area contributed by atoms with E-state index in [1.165, 1.54) is 17.7 Å². The molecule has 0 unspecified atom stereocenters. The first-order valence-corrected chi connectivity index (χ1v) is 10.9. The van der Waals surface area contributed by atoms with Gasteiger partial charge in [-0.15, -0.1) is 11.3 Å². The molecule has 0 spiro atoms. The first-order chi connectivity index (χ1) is 14.9. The highest BCUT2D eigenvalue weighted by molar-refractivity contribution is 7.20. The molecular weight excluding hydrogens is 434 g/mol. The molecule has 1 N–H and O–H groups in total. The number of nitrogens with zero attached hydrogens (tertiary/aromatic N) is 2. The van der Waals surface area contributed by atoms with Crippen LogP contribution in [-0.2, 0) is 4.74 Å². The maximum Gasteiger partial charge on any atom is 0.348 e. The van der Waals surface area contributed by atoms with Gasteiger partial charge in [0.05, 0.1) is 17.2 Å². The minimum atomic E-state index is -0.364. The molecule has 2 heterocycles. The summed E-state index contributed by atoms with van der Waals surface area (Å²) in [6.45, 7) is 5.51. The van der Waals surface area contributed by atoms with Crippen LogP contribution in [0.2, 0.25) is 5.02 Å². The van der Waals surface area contributed by atoms with E-state index in [0.717, 1.165) is 10.9 Å². The van der Waals surface area contributed by atoms with Gasteiger partial charge in [0.25, 0.3) is 0 Å². The predicted molar refractivity (Wildman–Crippen MR) is 124 cm³/mol. The summed E-state index contributed by atoms with van der Waals surface area (Å²) in [5, 5.41) is 4.61. The van der Waals surface area contributed by atoms with Crippen LogP contribution in [0.4, 0.5) is 11.5 Å². The summed E-state index contributed by atoms with van der Waals surface area (Å²) < 4.78 is 11.4. The molecule has 0 aliphatic rings. The number of anilines is 2. The fraction of sp³-hybridized carbons (Fsp3) is 0.174. The molecule has 0 aliphatic carbocycles. The highest BCUT2D eigenvalue weighted by Crippen LogP contribution is 2.38. The van der Waals surface area contributed by atoms with Crippen molar-refractivity contribution in [3.05, 3.63) is 70.3 Å². The molecule has 0 fully saturated rings. The van der Waals surface area contributed by atoms with Gasteiger partial charge in [-0.3, -0.25) is 0 Å². The normalized spacial score (nSPS) is 11.0. The third kappa shape index (κ3) is 4.62. The number of aryl methyl sites for hydroxylation is 1. The molecule has 2 aromatic heterocycles. The zero-order valence-corrected chi connectivity index (χ0v) is 18.8. The quantitative estimate of drug-likeness (QED) is 0.325. The molecule has 0 bridgehead atoms. The molecule has 31 heavy (non-hydrogen) atoms. The third-order valence-corrected chi connectivity index (χ3v) is 5.84. The van der Waals surface area contributed by atoms with E-state index in [1.807, 2.05) is 51.1 Å². The second kappa shape index (κ2) is 8.91. The number of halogens is 1. The molecule has 0 saturated heterocycles. The number of thiophene rings is 1. The Hall–Kier alpha value is -3.16. The van der Waals surface area contributed by atoms with Crippen molar-refractivity contribution in [2.75, 3.05) is 5.32 Å². The number of carbonyl (C=O) groups excluding carboxylic acids is 1. The number of benzene rings is 2. The van der Waals surface area contributed by atoms with Gasteiger partial charge in [-0.25, -0.2) is 14.8 Å². The van der Waals surface area contributed by atoms with Crippen molar-refractivity contribution >= 4 is 50.6 Å². The van der Waals surface area contributed by atoms with E-state index in [1.54, 1.807) is 18.2 Å². The molecule has 0 aliphatic heterocycles. The second-order valence-electron chi connectivity index (χ2n) is 7.09. The minimum absolute atomic E-state index is 0.204. The lowest BCUT2D eigenvalue weighted by atomic mass is 10.2. The van der Waals surface area contributed by atoms with E-state index >= 15 is 0 Å². The topological polar surface area (TPSA) is 73.3 Å². The van der Waals surface area contributed by atoms with E-state index in [2.05, 4.69) is 15.3 Å². The van der Waals surface area contributed by atoms with Crippen molar-refractivity contribution < 1.29 is 14.3 Å². The molecule has 4 aromatic rings. The average molecular weight is 454 g/mol. The van der Waals surface area contributed by atoms with Crippen molar-refractivity contribution in [1.29, 1.82) is 0 Å². The van der Waals surface area contributed by atoms with Crippen molar-refractivity contribution in [2.45, 2.75) is 26.9 Å². The Morgan fingerprint density at radius 1 is 1.13 bits per heavy atom. The van der Waals surface area contributed by atoms with Gasteiger partial charge in [0.15, 0.2) is 5.75 Å². The Bertz CT molecular complexity index is 1240.